The van der Waals surface area contributed by atoms with Crippen molar-refractivity contribution in [1.82, 2.24) is 0 Å². The highest BCUT2D eigenvalue weighted by Gasteiger charge is 2.57. The fourth-order valence-electron chi connectivity index (χ4n) is 8.59. The molecule has 0 spiro atoms. The molecule has 15 atom stereocenters. The first-order chi connectivity index (χ1) is 34.6. The second-order valence-corrected chi connectivity index (χ2v) is 16.4. The largest absolute Gasteiger partial charge is 0.459 e. The molecule has 1 N–H and O–H groups in total. The number of carbonyl (C=O) groups excluding carboxylic acids is 4. The van der Waals surface area contributed by atoms with Gasteiger partial charge in [-0.15, -0.1) is 0 Å². The van der Waals surface area contributed by atoms with Crippen molar-refractivity contribution in [3.63, 3.8) is 0 Å². The molecule has 3 heterocycles. The number of carbonyl (C=O) groups is 4. The minimum absolute atomic E-state index is 0.0777. The van der Waals surface area contributed by atoms with Gasteiger partial charge in [0.1, 0.15) is 43.2 Å². The third kappa shape index (κ3) is 11.7. The quantitative estimate of drug-likeness (QED) is 0.0423. The smallest absolute Gasteiger partial charge is 0.338 e. The maximum Gasteiger partial charge on any atom is 0.338 e. The van der Waals surface area contributed by atoms with E-state index in [1.54, 1.807) is 79.7 Å². The van der Waals surface area contributed by atoms with E-state index in [-0.39, 0.29) is 35.3 Å². The lowest BCUT2D eigenvalue weighted by Crippen LogP contribution is -2.65. The van der Waals surface area contributed by atoms with E-state index in [0.717, 1.165) is 0 Å². The second kappa shape index (κ2) is 23.3. The zero-order valence-corrected chi connectivity index (χ0v) is 37.5. The lowest BCUT2D eigenvalue weighted by atomic mass is 9.84. The van der Waals surface area contributed by atoms with Crippen molar-refractivity contribution >= 4 is 23.9 Å². The molecule has 4 aromatic carbocycles. The summed E-state index contributed by atoms with van der Waals surface area (Å²) in [4.78, 5) is 63.2. The lowest BCUT2D eigenvalue weighted by molar-refractivity contribution is -0.347. The van der Waals surface area contributed by atoms with Crippen LogP contribution in [0.3, 0.4) is 0 Å². The molecule has 71 heavy (non-hydrogen) atoms. The Morgan fingerprint density at radius 1 is 0.577 bits per heavy atom. The molecular weight excluding hydrogens is 931 g/mol. The standard InChI is InChI=1S/C47H45N9O15/c1-25-62-23-32-38(64-25)40(68-44(60)28-18-10-4-11-19-28)34(53-56-50)46(65-32)70-36-30(51-54-48)22-31(52-55-49)37(35(36)57)71-47-41(69-45(61)29-20-12-5-13-21-29)39(67-43(59)27-16-8-3-9-17-27)33(66-47)24-63-42(58)26-14-6-2-7-15-26/h2-21,25,30-41,46-47,57H,22-24H2,1H3/t25?,30?,31-,32?,33-,34?,35+,36+,37?,38+,39+,40-,41?,46+,47+/m1/s1. The number of hydrogen-bond acceptors (Lipinski definition) is 18. The third-order valence-electron chi connectivity index (χ3n) is 12.0. The molecule has 0 aromatic heterocycles. The van der Waals surface area contributed by atoms with Crippen LogP contribution in [0.15, 0.2) is 137 Å². The summed E-state index contributed by atoms with van der Waals surface area (Å²) in [5, 5.41) is 24.0. The fraction of sp³-hybridized carbons (Fsp3) is 0.404. The Hall–Kier alpha value is -7.59. The average Bonchev–Trinajstić information content (AvgIpc) is 3.71. The Labute approximate surface area is 403 Å². The summed E-state index contributed by atoms with van der Waals surface area (Å²) < 4.78 is 60.7. The van der Waals surface area contributed by atoms with Crippen LogP contribution in [0.5, 0.6) is 0 Å². The number of azide groups is 3. The Morgan fingerprint density at radius 2 is 1.03 bits per heavy atom. The van der Waals surface area contributed by atoms with E-state index >= 15 is 0 Å². The lowest BCUT2D eigenvalue weighted by Gasteiger charge is -2.49. The molecule has 1 saturated carbocycles. The van der Waals surface area contributed by atoms with Gasteiger partial charge in [-0.25, -0.2) is 19.2 Å². The number of fused-ring (bicyclic) bond motifs is 1. The van der Waals surface area contributed by atoms with Crippen molar-refractivity contribution < 1.29 is 71.7 Å². The SMILES string of the molecule is CC1OCC2O[C@@H](O[C@H]3C(N=[N+]=[N-])C[C@@H](N=[N+]=[N-])C(O[C@@H]4O[C@H](COC(=O)c5ccccc5)[C@H](OC(=O)c5ccccc5)C4OC(=O)c4ccccc4)[C@H]3O)C(N=[N+]=[N-])[C@@H](OC(=O)c3ccccc3)[C@H]2O1. The van der Waals surface area contributed by atoms with Gasteiger partial charge in [-0.05, 0) is 78.5 Å². The van der Waals surface area contributed by atoms with Crippen molar-refractivity contribution in [2.24, 2.45) is 15.3 Å². The molecule has 6 unspecified atom stereocenters. The van der Waals surface area contributed by atoms with Gasteiger partial charge >= 0.3 is 23.9 Å². The molecule has 24 heteroatoms. The molecule has 1 aliphatic carbocycles. The van der Waals surface area contributed by atoms with E-state index in [9.17, 15) is 40.9 Å². The van der Waals surface area contributed by atoms with Crippen LogP contribution < -0.4 is 0 Å². The highest BCUT2D eigenvalue weighted by atomic mass is 16.8. The van der Waals surface area contributed by atoms with Crippen LogP contribution in [0.1, 0.15) is 54.8 Å². The van der Waals surface area contributed by atoms with E-state index < -0.39 is 122 Å². The summed E-state index contributed by atoms with van der Waals surface area (Å²) in [5.41, 5.74) is 29.9. The van der Waals surface area contributed by atoms with Crippen LogP contribution in [0, 0.1) is 0 Å². The number of benzene rings is 4. The van der Waals surface area contributed by atoms with Crippen LogP contribution in [0.4, 0.5) is 0 Å². The highest BCUT2D eigenvalue weighted by Crippen LogP contribution is 2.39. The Kier molecular flexibility index (Phi) is 16.4. The molecule has 0 amide bonds. The molecule has 3 aliphatic heterocycles. The van der Waals surface area contributed by atoms with E-state index in [4.69, 9.17) is 47.4 Å². The first-order valence-electron chi connectivity index (χ1n) is 22.3. The maximum atomic E-state index is 13.9. The van der Waals surface area contributed by atoms with Crippen molar-refractivity contribution in [3.05, 3.63) is 175 Å². The van der Waals surface area contributed by atoms with Gasteiger partial charge in [0.25, 0.3) is 0 Å². The van der Waals surface area contributed by atoms with E-state index in [2.05, 4.69) is 30.1 Å². The normalized spacial score (nSPS) is 30.9. The number of hydrogen-bond donors (Lipinski definition) is 1. The van der Waals surface area contributed by atoms with Crippen molar-refractivity contribution in [2.75, 3.05) is 13.2 Å². The average molecular weight is 976 g/mol. The van der Waals surface area contributed by atoms with Gasteiger partial charge < -0.3 is 52.5 Å². The first-order valence-corrected chi connectivity index (χ1v) is 22.3. The number of esters is 4. The molecule has 0 bridgehead atoms. The summed E-state index contributed by atoms with van der Waals surface area (Å²) in [6.45, 7) is 0.921. The van der Waals surface area contributed by atoms with Crippen LogP contribution in [0.25, 0.3) is 31.3 Å². The highest BCUT2D eigenvalue weighted by molar-refractivity contribution is 5.91. The minimum Gasteiger partial charge on any atom is -0.459 e. The van der Waals surface area contributed by atoms with E-state index in [1.165, 1.54) is 48.5 Å². The summed E-state index contributed by atoms with van der Waals surface area (Å²) >= 11 is 0. The summed E-state index contributed by atoms with van der Waals surface area (Å²) in [6.07, 6.45) is -17.9. The van der Waals surface area contributed by atoms with Crippen LogP contribution in [0.2, 0.25) is 0 Å². The zero-order valence-electron chi connectivity index (χ0n) is 37.5. The van der Waals surface area contributed by atoms with Crippen molar-refractivity contribution in [3.8, 4) is 0 Å². The molecule has 8 rings (SSSR count). The molecule has 4 aliphatic rings. The molecule has 368 valence electrons. The molecule has 0 radical (unpaired) electrons. The number of ether oxygens (including phenoxy) is 10. The molecule has 4 fully saturated rings. The van der Waals surface area contributed by atoms with Crippen LogP contribution in [-0.4, -0.2) is 134 Å². The second-order valence-electron chi connectivity index (χ2n) is 16.4. The van der Waals surface area contributed by atoms with Crippen LogP contribution >= 0.6 is 0 Å². The predicted molar refractivity (Wildman–Crippen MR) is 240 cm³/mol. The monoisotopic (exact) mass is 975 g/mol. The van der Waals surface area contributed by atoms with E-state index in [1.807, 2.05) is 0 Å². The summed E-state index contributed by atoms with van der Waals surface area (Å²) in [7, 11) is 0. The number of aliphatic hydroxyl groups excluding tert-OH is 1. The Morgan fingerprint density at radius 3 is 1.52 bits per heavy atom. The van der Waals surface area contributed by atoms with Crippen molar-refractivity contribution in [1.29, 1.82) is 0 Å². The van der Waals surface area contributed by atoms with Crippen LogP contribution in [-0.2, 0) is 47.4 Å². The van der Waals surface area contributed by atoms with Gasteiger partial charge in [-0.2, -0.15) is 0 Å². The molecular formula is C47H45N9O15. The van der Waals surface area contributed by atoms with Gasteiger partial charge in [0, 0.05) is 14.7 Å². The van der Waals surface area contributed by atoms with Gasteiger partial charge in [-0.1, -0.05) is 88.1 Å². The Balaban J connectivity index is 1.13. The Bertz CT molecular complexity index is 2640. The van der Waals surface area contributed by atoms with E-state index in [0.29, 0.717) is 0 Å². The molecule has 24 nitrogen and oxygen atoms in total. The number of nitrogens with zero attached hydrogens (tertiary/aromatic N) is 9. The maximum absolute atomic E-state index is 13.9. The molecule has 3 saturated heterocycles. The summed E-state index contributed by atoms with van der Waals surface area (Å²) in [6, 6.07) is 27.4. The fourth-order valence-corrected chi connectivity index (χ4v) is 8.59. The first kappa shape index (κ1) is 49.8. The minimum atomic E-state index is -1.96. The van der Waals surface area contributed by atoms with Gasteiger partial charge in [0.15, 0.2) is 31.1 Å². The predicted octanol–water partition coefficient (Wildman–Crippen LogP) is 6.30. The number of aliphatic hydroxyl groups is 1. The zero-order chi connectivity index (χ0) is 49.9. The summed E-state index contributed by atoms with van der Waals surface area (Å²) in [5.74, 6) is -3.37. The van der Waals surface area contributed by atoms with Crippen molar-refractivity contribution in [2.45, 2.75) is 105 Å². The van der Waals surface area contributed by atoms with Gasteiger partial charge in [0.05, 0.1) is 53.2 Å². The van der Waals surface area contributed by atoms with Gasteiger partial charge in [-0.3, -0.25) is 0 Å². The third-order valence-corrected chi connectivity index (χ3v) is 12.0. The molecule has 4 aromatic rings. The topological polar surface area (TPSA) is 327 Å². The number of rotatable bonds is 16. The van der Waals surface area contributed by atoms with Gasteiger partial charge in [0.2, 0.25) is 0 Å².